The monoisotopic (exact) mass is 645 g/mol. The number of benzene rings is 2. The number of likely N-dealkylation sites (N-methyl/N-ethyl adjacent to an activating group) is 1. The molecule has 1 fully saturated rings. The number of hydrogen-bond acceptors (Lipinski definition) is 6. The molecule has 4 aromatic rings. The number of aromatic nitrogens is 2. The Morgan fingerprint density at radius 3 is 2.45 bits per heavy atom. The molecule has 2 atom stereocenters. The molecule has 2 aromatic heterocycles. The molecule has 0 saturated carbocycles. The molecule has 6 rings (SSSR count). The molecular formula is C35H34F3N5O4. The molecule has 244 valence electrons. The van der Waals surface area contributed by atoms with Gasteiger partial charge in [0.25, 0.3) is 11.5 Å². The number of piperazine rings is 1. The van der Waals surface area contributed by atoms with Gasteiger partial charge in [0, 0.05) is 31.2 Å². The zero-order valence-corrected chi connectivity index (χ0v) is 26.6. The number of halogens is 3. The minimum atomic E-state index is -1.27. The molecule has 47 heavy (non-hydrogen) atoms. The Morgan fingerprint density at radius 2 is 1.81 bits per heavy atom. The van der Waals surface area contributed by atoms with E-state index < -0.39 is 57.9 Å². The van der Waals surface area contributed by atoms with E-state index in [0.717, 1.165) is 28.8 Å². The summed E-state index contributed by atoms with van der Waals surface area (Å²) in [5.74, 6) is -5.30. The maximum absolute atomic E-state index is 17.3. The number of hydrogen-bond donors (Lipinski definition) is 1. The van der Waals surface area contributed by atoms with Crippen LogP contribution in [-0.4, -0.2) is 63.6 Å². The van der Waals surface area contributed by atoms with E-state index in [4.69, 9.17) is 0 Å². The first-order chi connectivity index (χ1) is 22.3. The van der Waals surface area contributed by atoms with Gasteiger partial charge in [0.1, 0.15) is 29.1 Å². The number of aromatic hydroxyl groups is 1. The number of pyridine rings is 2. The van der Waals surface area contributed by atoms with Gasteiger partial charge in [-0.25, -0.2) is 13.2 Å². The largest absolute Gasteiger partial charge is 0.507 e. The molecule has 0 spiro atoms. The summed E-state index contributed by atoms with van der Waals surface area (Å²) in [6.45, 7) is 10.9. The van der Waals surface area contributed by atoms with Crippen LogP contribution < -0.4 is 15.4 Å². The molecule has 9 nitrogen and oxygen atoms in total. The van der Waals surface area contributed by atoms with E-state index in [2.05, 4.69) is 11.6 Å². The average Bonchev–Trinajstić information content (AvgIpc) is 3.03. The number of anilines is 2. The molecular weight excluding hydrogens is 611 g/mol. The lowest BCUT2D eigenvalue weighted by Gasteiger charge is -2.50. The summed E-state index contributed by atoms with van der Waals surface area (Å²) < 4.78 is 49.9. The van der Waals surface area contributed by atoms with Gasteiger partial charge < -0.3 is 19.8 Å². The SMILES string of the molecule is C=CC(=O)N1CC2C(=O)N(C)c3c(c4cc(F)c(-c5c(O)cccc5F)c(F)c4n(-c4c(CC)ccnc4C(C)C)c3=O)N2CC1C. The van der Waals surface area contributed by atoms with Crippen LogP contribution in [-0.2, 0) is 16.0 Å². The van der Waals surface area contributed by atoms with Crippen molar-refractivity contribution in [1.82, 2.24) is 14.5 Å². The second kappa shape index (κ2) is 11.6. The third-order valence-corrected chi connectivity index (χ3v) is 9.17. The lowest BCUT2D eigenvalue weighted by atomic mass is 9.94. The van der Waals surface area contributed by atoms with E-state index >= 15 is 13.2 Å². The van der Waals surface area contributed by atoms with E-state index in [1.807, 2.05) is 20.8 Å². The van der Waals surface area contributed by atoms with Crippen LogP contribution in [0, 0.1) is 17.5 Å². The van der Waals surface area contributed by atoms with Crippen molar-refractivity contribution in [2.45, 2.75) is 52.1 Å². The summed E-state index contributed by atoms with van der Waals surface area (Å²) in [6, 6.07) is 4.58. The summed E-state index contributed by atoms with van der Waals surface area (Å²) >= 11 is 0. The van der Waals surface area contributed by atoms with Crippen molar-refractivity contribution in [3.8, 4) is 22.6 Å². The summed E-state index contributed by atoms with van der Waals surface area (Å²) in [7, 11) is 1.42. The van der Waals surface area contributed by atoms with Crippen molar-refractivity contribution < 1.29 is 27.9 Å². The highest BCUT2D eigenvalue weighted by Gasteiger charge is 2.46. The number of nitrogens with zero attached hydrogens (tertiary/aromatic N) is 5. The number of phenols is 1. The van der Waals surface area contributed by atoms with Crippen molar-refractivity contribution in [2.75, 3.05) is 29.9 Å². The van der Waals surface area contributed by atoms with Gasteiger partial charge in [-0.1, -0.05) is 33.4 Å². The van der Waals surface area contributed by atoms with E-state index in [9.17, 15) is 19.5 Å². The quantitative estimate of drug-likeness (QED) is 0.291. The molecule has 0 bridgehead atoms. The molecule has 1 saturated heterocycles. The van der Waals surface area contributed by atoms with Gasteiger partial charge in [0.2, 0.25) is 5.91 Å². The minimum absolute atomic E-state index is 0.0464. The Hall–Kier alpha value is -5.13. The lowest BCUT2D eigenvalue weighted by Crippen LogP contribution is -2.66. The van der Waals surface area contributed by atoms with Crippen molar-refractivity contribution in [3.63, 3.8) is 0 Å². The Morgan fingerprint density at radius 1 is 1.09 bits per heavy atom. The Bertz CT molecular complexity index is 2040. The molecule has 4 heterocycles. The van der Waals surface area contributed by atoms with Gasteiger partial charge in [-0.05, 0) is 55.2 Å². The van der Waals surface area contributed by atoms with Crippen molar-refractivity contribution in [2.24, 2.45) is 0 Å². The minimum Gasteiger partial charge on any atom is -0.507 e. The van der Waals surface area contributed by atoms with E-state index in [0.29, 0.717) is 17.7 Å². The van der Waals surface area contributed by atoms with Gasteiger partial charge >= 0.3 is 0 Å². The summed E-state index contributed by atoms with van der Waals surface area (Å²) in [4.78, 5) is 50.3. The number of fused-ring (bicyclic) bond motifs is 5. The molecule has 2 aliphatic rings. The maximum Gasteiger partial charge on any atom is 0.281 e. The summed E-state index contributed by atoms with van der Waals surface area (Å²) in [5.41, 5.74) is -1.29. The highest BCUT2D eigenvalue weighted by atomic mass is 19.1. The van der Waals surface area contributed by atoms with Crippen LogP contribution >= 0.6 is 0 Å². The van der Waals surface area contributed by atoms with Gasteiger partial charge in [0.05, 0.1) is 40.3 Å². The third-order valence-electron chi connectivity index (χ3n) is 9.17. The number of carbonyl (C=O) groups excluding carboxylic acids is 2. The number of phenolic OH excluding ortho intramolecular Hbond substituents is 1. The topological polar surface area (TPSA) is 99.0 Å². The second-order valence-corrected chi connectivity index (χ2v) is 12.2. The number of amides is 2. The van der Waals surface area contributed by atoms with Crippen molar-refractivity contribution in [3.05, 3.63) is 88.2 Å². The molecule has 2 unspecified atom stereocenters. The average molecular weight is 646 g/mol. The van der Waals surface area contributed by atoms with Crippen LogP contribution in [0.25, 0.3) is 27.7 Å². The standard InChI is InChI=1S/C35H34F3N5O4/c1-7-19-12-13-39-29(17(3)4)30(19)43-31-20(14-22(37)27(28(31)38)26-21(36)10-9-11-24(26)44)32-33(35(43)47)40(6)34(46)23-16-41(25(45)8-2)18(5)15-42(23)32/h8-14,17-18,23,44H,2,7,15-16H2,1,3-6H3. The fourth-order valence-electron chi connectivity index (χ4n) is 6.91. The van der Waals surface area contributed by atoms with Gasteiger partial charge in [-0.15, -0.1) is 0 Å². The van der Waals surface area contributed by atoms with Crippen LogP contribution in [0.2, 0.25) is 0 Å². The van der Waals surface area contributed by atoms with Crippen molar-refractivity contribution >= 4 is 34.1 Å². The van der Waals surface area contributed by atoms with Crippen LogP contribution in [0.1, 0.15) is 44.9 Å². The molecule has 12 heteroatoms. The van der Waals surface area contributed by atoms with Crippen LogP contribution in [0.5, 0.6) is 5.75 Å². The zero-order chi connectivity index (χ0) is 34.1. The molecule has 0 aliphatic carbocycles. The van der Waals surface area contributed by atoms with E-state index in [-0.39, 0.29) is 52.9 Å². The van der Waals surface area contributed by atoms with Crippen LogP contribution in [0.4, 0.5) is 24.5 Å². The fourth-order valence-corrected chi connectivity index (χ4v) is 6.91. The highest BCUT2D eigenvalue weighted by molar-refractivity contribution is 6.13. The highest BCUT2D eigenvalue weighted by Crippen LogP contribution is 2.46. The second-order valence-electron chi connectivity index (χ2n) is 12.2. The first-order valence-corrected chi connectivity index (χ1v) is 15.4. The maximum atomic E-state index is 17.3. The van der Waals surface area contributed by atoms with Gasteiger partial charge in [-0.3, -0.25) is 23.9 Å². The number of aryl methyl sites for hydroxylation is 1. The summed E-state index contributed by atoms with van der Waals surface area (Å²) in [6.07, 6.45) is 3.16. The van der Waals surface area contributed by atoms with Crippen molar-refractivity contribution in [1.29, 1.82) is 0 Å². The van der Waals surface area contributed by atoms with E-state index in [1.54, 1.807) is 24.1 Å². The Labute approximate surface area is 269 Å². The zero-order valence-electron chi connectivity index (χ0n) is 26.6. The first-order valence-electron chi connectivity index (χ1n) is 15.4. The predicted molar refractivity (Wildman–Crippen MR) is 174 cm³/mol. The molecule has 1 N–H and O–H groups in total. The Kier molecular flexibility index (Phi) is 7.85. The lowest BCUT2D eigenvalue weighted by molar-refractivity contribution is -0.130. The number of carbonyl (C=O) groups is 2. The summed E-state index contributed by atoms with van der Waals surface area (Å²) in [5, 5.41) is 10.5. The van der Waals surface area contributed by atoms with Crippen LogP contribution in [0.3, 0.4) is 0 Å². The fraction of sp³-hybridized carbons (Fsp3) is 0.314. The Balaban J connectivity index is 1.81. The smallest absolute Gasteiger partial charge is 0.281 e. The number of rotatable bonds is 5. The van der Waals surface area contributed by atoms with Gasteiger partial charge in [-0.2, -0.15) is 0 Å². The van der Waals surface area contributed by atoms with Gasteiger partial charge in [0.15, 0.2) is 5.82 Å². The normalized spacial score (nSPS) is 17.7. The molecule has 0 radical (unpaired) electrons. The third kappa shape index (κ3) is 4.68. The molecule has 2 aliphatic heterocycles. The first kappa shape index (κ1) is 31.8. The molecule has 2 amide bonds. The predicted octanol–water partition coefficient (Wildman–Crippen LogP) is 5.43. The van der Waals surface area contributed by atoms with E-state index in [1.165, 1.54) is 22.9 Å². The van der Waals surface area contributed by atoms with Crippen LogP contribution in [0.15, 0.2) is 54.0 Å². The molecule has 2 aromatic carbocycles.